The molecule has 3 aromatic rings. The molecule has 0 saturated carbocycles. The highest BCUT2D eigenvalue weighted by Crippen LogP contribution is 2.24. The minimum atomic E-state index is 0.732. The summed E-state index contributed by atoms with van der Waals surface area (Å²) in [7, 11) is 0. The highest BCUT2D eigenvalue weighted by Gasteiger charge is 2.06. The van der Waals surface area contributed by atoms with E-state index in [2.05, 4.69) is 34.0 Å². The van der Waals surface area contributed by atoms with Gasteiger partial charge in [-0.05, 0) is 48.4 Å². The molecule has 1 aromatic heterocycles. The van der Waals surface area contributed by atoms with Gasteiger partial charge in [0.05, 0.1) is 11.9 Å². The van der Waals surface area contributed by atoms with E-state index in [4.69, 9.17) is 11.6 Å². The number of halogens is 2. The van der Waals surface area contributed by atoms with E-state index in [9.17, 15) is 0 Å². The van der Waals surface area contributed by atoms with Crippen LogP contribution in [0.25, 0.3) is 16.8 Å². The first-order chi connectivity index (χ1) is 9.63. The Morgan fingerprint density at radius 2 is 1.95 bits per heavy atom. The van der Waals surface area contributed by atoms with Gasteiger partial charge < -0.3 is 0 Å². The molecule has 3 rings (SSSR count). The first-order valence-corrected chi connectivity index (χ1v) is 7.38. The van der Waals surface area contributed by atoms with Crippen molar-refractivity contribution in [3.8, 4) is 16.8 Å². The van der Waals surface area contributed by atoms with Gasteiger partial charge in [-0.25, -0.2) is 4.68 Å². The van der Waals surface area contributed by atoms with E-state index >= 15 is 0 Å². The molecule has 0 radical (unpaired) electrons. The van der Waals surface area contributed by atoms with Crippen LogP contribution in [0.1, 0.15) is 5.56 Å². The zero-order chi connectivity index (χ0) is 14.1. The molecule has 4 heteroatoms. The lowest BCUT2D eigenvalue weighted by Gasteiger charge is -2.05. The molecule has 0 aliphatic rings. The van der Waals surface area contributed by atoms with Crippen LogP contribution in [-0.2, 0) is 0 Å². The zero-order valence-corrected chi connectivity index (χ0v) is 13.2. The van der Waals surface area contributed by atoms with Crippen molar-refractivity contribution in [1.29, 1.82) is 0 Å². The van der Waals surface area contributed by atoms with Gasteiger partial charge in [-0.2, -0.15) is 5.10 Å². The van der Waals surface area contributed by atoms with Gasteiger partial charge in [0.15, 0.2) is 0 Å². The molecule has 1 heterocycles. The van der Waals surface area contributed by atoms with Gasteiger partial charge >= 0.3 is 0 Å². The van der Waals surface area contributed by atoms with E-state index in [1.54, 1.807) is 0 Å². The number of hydrogen-bond acceptors (Lipinski definition) is 1. The van der Waals surface area contributed by atoms with Crippen molar-refractivity contribution in [2.45, 2.75) is 6.92 Å². The van der Waals surface area contributed by atoms with Crippen LogP contribution in [0, 0.1) is 6.92 Å². The van der Waals surface area contributed by atoms with Crippen molar-refractivity contribution in [2.24, 2.45) is 0 Å². The van der Waals surface area contributed by atoms with Crippen molar-refractivity contribution in [3.63, 3.8) is 0 Å². The van der Waals surface area contributed by atoms with Gasteiger partial charge in [0.25, 0.3) is 0 Å². The van der Waals surface area contributed by atoms with Crippen molar-refractivity contribution in [1.82, 2.24) is 9.78 Å². The van der Waals surface area contributed by atoms with Crippen molar-refractivity contribution in [3.05, 3.63) is 69.9 Å². The van der Waals surface area contributed by atoms with Crippen molar-refractivity contribution >= 4 is 27.5 Å². The Bertz CT molecular complexity index is 765. The quantitative estimate of drug-likeness (QED) is 0.618. The minimum Gasteiger partial charge on any atom is -0.240 e. The molecule has 2 aromatic carbocycles. The summed E-state index contributed by atoms with van der Waals surface area (Å²) >= 11 is 9.50. The summed E-state index contributed by atoms with van der Waals surface area (Å²) in [5.41, 5.74) is 4.36. The fraction of sp³-hybridized carbons (Fsp3) is 0.0625. The number of rotatable bonds is 2. The number of hydrogen-bond donors (Lipinski definition) is 0. The monoisotopic (exact) mass is 346 g/mol. The molecule has 0 fully saturated rings. The van der Waals surface area contributed by atoms with E-state index in [1.807, 2.05) is 53.5 Å². The van der Waals surface area contributed by atoms with Crippen LogP contribution in [0.15, 0.2) is 59.3 Å². The lowest BCUT2D eigenvalue weighted by molar-refractivity contribution is 0.872. The minimum absolute atomic E-state index is 0.732. The Balaban J connectivity index is 2.02. The predicted octanol–water partition coefficient (Wildman–Crippen LogP) is 5.26. The summed E-state index contributed by atoms with van der Waals surface area (Å²) < 4.78 is 2.96. The molecule has 0 N–H and O–H groups in total. The van der Waals surface area contributed by atoms with Gasteiger partial charge in [0, 0.05) is 21.3 Å². The molecule has 0 aliphatic heterocycles. The lowest BCUT2D eigenvalue weighted by Crippen LogP contribution is -1.96. The van der Waals surface area contributed by atoms with Gasteiger partial charge in [0.1, 0.15) is 0 Å². The second kappa shape index (κ2) is 5.43. The molecule has 0 bridgehead atoms. The maximum atomic E-state index is 6.03. The third-order valence-electron chi connectivity index (χ3n) is 3.15. The molecule has 0 atom stereocenters. The van der Waals surface area contributed by atoms with Gasteiger partial charge in [-0.15, -0.1) is 0 Å². The van der Waals surface area contributed by atoms with Crippen LogP contribution >= 0.6 is 27.5 Å². The summed E-state index contributed by atoms with van der Waals surface area (Å²) in [6, 6.07) is 13.9. The van der Waals surface area contributed by atoms with Crippen molar-refractivity contribution in [2.75, 3.05) is 0 Å². The third-order valence-corrected chi connectivity index (χ3v) is 3.87. The molecule has 2 nitrogen and oxygen atoms in total. The second-order valence-corrected chi connectivity index (χ2v) is 5.97. The molecule has 0 unspecified atom stereocenters. The molecule has 100 valence electrons. The molecule has 0 saturated heterocycles. The summed E-state index contributed by atoms with van der Waals surface area (Å²) in [6.07, 6.45) is 3.87. The van der Waals surface area contributed by atoms with E-state index in [1.165, 1.54) is 5.56 Å². The second-order valence-electron chi connectivity index (χ2n) is 4.61. The van der Waals surface area contributed by atoms with Gasteiger partial charge in [0.2, 0.25) is 0 Å². The highest BCUT2D eigenvalue weighted by molar-refractivity contribution is 9.10. The average molecular weight is 348 g/mol. The van der Waals surface area contributed by atoms with E-state index in [0.717, 1.165) is 26.3 Å². The zero-order valence-electron chi connectivity index (χ0n) is 10.8. The molecular weight excluding hydrogens is 336 g/mol. The van der Waals surface area contributed by atoms with Crippen LogP contribution in [-0.4, -0.2) is 9.78 Å². The van der Waals surface area contributed by atoms with Crippen LogP contribution in [0.3, 0.4) is 0 Å². The van der Waals surface area contributed by atoms with E-state index < -0.39 is 0 Å². The third kappa shape index (κ3) is 2.65. The Kier molecular flexibility index (Phi) is 3.64. The number of nitrogens with zero attached hydrogens (tertiary/aromatic N) is 2. The maximum Gasteiger partial charge on any atom is 0.0675 e. The van der Waals surface area contributed by atoms with E-state index in [0.29, 0.717) is 0 Å². The van der Waals surface area contributed by atoms with Crippen LogP contribution in [0.4, 0.5) is 0 Å². The summed E-state index contributed by atoms with van der Waals surface area (Å²) in [6.45, 7) is 2.07. The molecule has 0 amide bonds. The summed E-state index contributed by atoms with van der Waals surface area (Å²) in [4.78, 5) is 0. The smallest absolute Gasteiger partial charge is 0.0675 e. The predicted molar refractivity (Wildman–Crippen MR) is 86.4 cm³/mol. The van der Waals surface area contributed by atoms with Crippen LogP contribution in [0.2, 0.25) is 5.02 Å². The fourth-order valence-corrected chi connectivity index (χ4v) is 2.81. The number of aryl methyl sites for hydroxylation is 1. The van der Waals surface area contributed by atoms with E-state index in [-0.39, 0.29) is 0 Å². The highest BCUT2D eigenvalue weighted by atomic mass is 79.9. The van der Waals surface area contributed by atoms with Gasteiger partial charge in [-0.3, -0.25) is 0 Å². The van der Waals surface area contributed by atoms with Crippen molar-refractivity contribution < 1.29 is 0 Å². The SMILES string of the molecule is Cc1cc(Br)ccc1-n1cc(-c2cccc(Cl)c2)cn1. The molecule has 20 heavy (non-hydrogen) atoms. The average Bonchev–Trinajstić information content (AvgIpc) is 2.88. The maximum absolute atomic E-state index is 6.03. The Hall–Kier alpha value is -1.58. The molecule has 0 aliphatic carbocycles. The lowest BCUT2D eigenvalue weighted by atomic mass is 10.1. The van der Waals surface area contributed by atoms with Crippen LogP contribution in [0.5, 0.6) is 0 Å². The Morgan fingerprint density at radius 1 is 1.10 bits per heavy atom. The Labute approximate surface area is 131 Å². The standard InChI is InChI=1S/C16H12BrClN2/c1-11-7-14(17)5-6-16(11)20-10-13(9-19-20)12-3-2-4-15(18)8-12/h2-10H,1H3. The fourth-order valence-electron chi connectivity index (χ4n) is 2.15. The Morgan fingerprint density at radius 3 is 2.70 bits per heavy atom. The van der Waals surface area contributed by atoms with Crippen LogP contribution < -0.4 is 0 Å². The first-order valence-electron chi connectivity index (χ1n) is 6.20. The topological polar surface area (TPSA) is 17.8 Å². The number of benzene rings is 2. The number of aromatic nitrogens is 2. The van der Waals surface area contributed by atoms with Gasteiger partial charge in [-0.1, -0.05) is 39.7 Å². The summed E-state index contributed by atoms with van der Waals surface area (Å²) in [5, 5.41) is 5.17. The first kappa shape index (κ1) is 13.4. The summed E-state index contributed by atoms with van der Waals surface area (Å²) in [5.74, 6) is 0. The largest absolute Gasteiger partial charge is 0.240 e. The normalized spacial score (nSPS) is 10.8. The molecule has 0 spiro atoms. The molecular formula is C16H12BrClN2.